The lowest BCUT2D eigenvalue weighted by atomic mass is 9.99. The number of rotatable bonds is 4. The van der Waals surface area contributed by atoms with Crippen LogP contribution < -0.4 is 5.73 Å². The van der Waals surface area contributed by atoms with Crippen molar-refractivity contribution in [2.45, 2.75) is 13.3 Å². The van der Waals surface area contributed by atoms with Gasteiger partial charge in [-0.25, -0.2) is 0 Å². The summed E-state index contributed by atoms with van der Waals surface area (Å²) < 4.78 is 0. The highest BCUT2D eigenvalue weighted by Gasteiger charge is 2.05. The van der Waals surface area contributed by atoms with Gasteiger partial charge in [0.15, 0.2) is 0 Å². The zero-order chi connectivity index (χ0) is 9.68. The second kappa shape index (κ2) is 5.00. The van der Waals surface area contributed by atoms with Crippen molar-refractivity contribution in [1.29, 1.82) is 0 Å². The highest BCUT2D eigenvalue weighted by molar-refractivity contribution is 5.21. The molecule has 0 amide bonds. The molecular weight excluding hydrogens is 162 g/mol. The van der Waals surface area contributed by atoms with Crippen molar-refractivity contribution in [3.8, 4) is 0 Å². The average molecular weight is 179 g/mol. The largest absolute Gasteiger partial charge is 0.396 e. The predicted molar refractivity (Wildman–Crippen MR) is 54.5 cm³/mol. The first-order valence-corrected chi connectivity index (χ1v) is 4.62. The molecular formula is C11H17NO. The summed E-state index contributed by atoms with van der Waals surface area (Å²) in [7, 11) is 0. The number of benzene rings is 1. The first-order valence-electron chi connectivity index (χ1n) is 4.62. The molecule has 0 aliphatic heterocycles. The van der Waals surface area contributed by atoms with Crippen LogP contribution in [0.15, 0.2) is 24.3 Å². The van der Waals surface area contributed by atoms with Crippen LogP contribution in [-0.2, 0) is 6.42 Å². The van der Waals surface area contributed by atoms with Crippen LogP contribution in [0.3, 0.4) is 0 Å². The molecule has 0 saturated carbocycles. The van der Waals surface area contributed by atoms with Gasteiger partial charge in [0.2, 0.25) is 0 Å². The van der Waals surface area contributed by atoms with Crippen LogP contribution in [0.2, 0.25) is 0 Å². The van der Waals surface area contributed by atoms with Crippen molar-refractivity contribution in [2.24, 2.45) is 11.7 Å². The third-order valence-corrected chi connectivity index (χ3v) is 2.24. The van der Waals surface area contributed by atoms with Gasteiger partial charge in [-0.3, -0.25) is 0 Å². The second-order valence-electron chi connectivity index (χ2n) is 3.47. The Morgan fingerprint density at radius 1 is 1.31 bits per heavy atom. The zero-order valence-electron chi connectivity index (χ0n) is 8.03. The highest BCUT2D eigenvalue weighted by atomic mass is 16.3. The zero-order valence-corrected chi connectivity index (χ0v) is 8.03. The number of hydrogen-bond acceptors (Lipinski definition) is 2. The van der Waals surface area contributed by atoms with Crippen molar-refractivity contribution in [3.05, 3.63) is 35.4 Å². The molecule has 2 heteroatoms. The minimum atomic E-state index is 0.171. The van der Waals surface area contributed by atoms with E-state index in [-0.39, 0.29) is 12.5 Å². The molecule has 0 aliphatic rings. The van der Waals surface area contributed by atoms with E-state index in [1.54, 1.807) is 0 Å². The SMILES string of the molecule is Cc1ccc(C[C@@H](CN)CO)cc1. The van der Waals surface area contributed by atoms with E-state index in [0.717, 1.165) is 6.42 Å². The second-order valence-corrected chi connectivity index (χ2v) is 3.47. The summed E-state index contributed by atoms with van der Waals surface area (Å²) in [6.45, 7) is 2.78. The summed E-state index contributed by atoms with van der Waals surface area (Å²) in [6, 6.07) is 8.35. The fourth-order valence-electron chi connectivity index (χ4n) is 1.28. The quantitative estimate of drug-likeness (QED) is 0.727. The van der Waals surface area contributed by atoms with Crippen molar-refractivity contribution in [1.82, 2.24) is 0 Å². The van der Waals surface area contributed by atoms with Crippen molar-refractivity contribution < 1.29 is 5.11 Å². The lowest BCUT2D eigenvalue weighted by Crippen LogP contribution is -2.20. The van der Waals surface area contributed by atoms with Gasteiger partial charge in [-0.15, -0.1) is 0 Å². The van der Waals surface area contributed by atoms with Gasteiger partial charge >= 0.3 is 0 Å². The Bertz CT molecular complexity index is 239. The lowest BCUT2D eigenvalue weighted by Gasteiger charge is -2.10. The Morgan fingerprint density at radius 3 is 2.38 bits per heavy atom. The van der Waals surface area contributed by atoms with Gasteiger partial charge in [-0.2, -0.15) is 0 Å². The Labute approximate surface area is 79.4 Å². The smallest absolute Gasteiger partial charge is 0.0474 e. The van der Waals surface area contributed by atoms with Gasteiger partial charge in [0.1, 0.15) is 0 Å². The summed E-state index contributed by atoms with van der Waals surface area (Å²) >= 11 is 0. The number of aliphatic hydroxyl groups excluding tert-OH is 1. The van der Waals surface area contributed by atoms with Crippen molar-refractivity contribution in [2.75, 3.05) is 13.2 Å². The molecule has 2 nitrogen and oxygen atoms in total. The molecule has 0 spiro atoms. The topological polar surface area (TPSA) is 46.2 Å². The highest BCUT2D eigenvalue weighted by Crippen LogP contribution is 2.08. The summed E-state index contributed by atoms with van der Waals surface area (Å²) in [5.74, 6) is 0.197. The van der Waals surface area contributed by atoms with E-state index >= 15 is 0 Å². The van der Waals surface area contributed by atoms with Gasteiger partial charge in [-0.05, 0) is 31.4 Å². The molecule has 0 fully saturated rings. The summed E-state index contributed by atoms with van der Waals surface area (Å²) in [4.78, 5) is 0. The predicted octanol–water partition coefficient (Wildman–Crippen LogP) is 1.10. The third-order valence-electron chi connectivity index (χ3n) is 2.24. The van der Waals surface area contributed by atoms with Crippen LogP contribution in [-0.4, -0.2) is 18.3 Å². The third kappa shape index (κ3) is 3.17. The maximum Gasteiger partial charge on any atom is 0.0474 e. The normalized spacial score (nSPS) is 12.8. The Morgan fingerprint density at radius 2 is 1.92 bits per heavy atom. The molecule has 0 saturated heterocycles. The minimum absolute atomic E-state index is 0.171. The van der Waals surface area contributed by atoms with E-state index in [4.69, 9.17) is 10.8 Å². The van der Waals surface area contributed by atoms with Crippen LogP contribution in [0.1, 0.15) is 11.1 Å². The number of aliphatic hydroxyl groups is 1. The van der Waals surface area contributed by atoms with Gasteiger partial charge in [0, 0.05) is 6.61 Å². The molecule has 13 heavy (non-hydrogen) atoms. The van der Waals surface area contributed by atoms with E-state index in [1.165, 1.54) is 11.1 Å². The average Bonchev–Trinajstić information content (AvgIpc) is 2.17. The van der Waals surface area contributed by atoms with Crippen molar-refractivity contribution in [3.63, 3.8) is 0 Å². The van der Waals surface area contributed by atoms with Crippen LogP contribution in [0, 0.1) is 12.8 Å². The molecule has 0 bridgehead atoms. The Kier molecular flexibility index (Phi) is 3.93. The van der Waals surface area contributed by atoms with E-state index in [9.17, 15) is 0 Å². The summed E-state index contributed by atoms with van der Waals surface area (Å²) in [5.41, 5.74) is 8.01. The lowest BCUT2D eigenvalue weighted by molar-refractivity contribution is 0.230. The van der Waals surface area contributed by atoms with Crippen molar-refractivity contribution >= 4 is 0 Å². The van der Waals surface area contributed by atoms with Gasteiger partial charge in [-0.1, -0.05) is 29.8 Å². The van der Waals surface area contributed by atoms with E-state index in [2.05, 4.69) is 31.2 Å². The Hall–Kier alpha value is -0.860. The van der Waals surface area contributed by atoms with Crippen LogP contribution in [0.25, 0.3) is 0 Å². The molecule has 72 valence electrons. The van der Waals surface area contributed by atoms with E-state index < -0.39 is 0 Å². The van der Waals surface area contributed by atoms with Crippen LogP contribution in [0.5, 0.6) is 0 Å². The van der Waals surface area contributed by atoms with Gasteiger partial charge in [0.05, 0.1) is 0 Å². The van der Waals surface area contributed by atoms with Crippen LogP contribution in [0.4, 0.5) is 0 Å². The van der Waals surface area contributed by atoms with Gasteiger partial charge in [0.25, 0.3) is 0 Å². The molecule has 1 aromatic rings. The Balaban J connectivity index is 2.58. The molecule has 0 heterocycles. The summed E-state index contributed by atoms with van der Waals surface area (Å²) in [6.07, 6.45) is 0.868. The standard InChI is InChI=1S/C11H17NO/c1-9-2-4-10(5-3-9)6-11(7-12)8-13/h2-5,11,13H,6-8,12H2,1H3/t11-/m0/s1. The molecule has 0 aromatic heterocycles. The van der Waals surface area contributed by atoms with E-state index in [0.29, 0.717) is 6.54 Å². The fraction of sp³-hybridized carbons (Fsp3) is 0.455. The maximum absolute atomic E-state index is 8.96. The molecule has 0 unspecified atom stereocenters. The molecule has 1 rings (SSSR count). The van der Waals surface area contributed by atoms with Crippen LogP contribution >= 0.6 is 0 Å². The van der Waals surface area contributed by atoms with E-state index in [1.807, 2.05) is 0 Å². The number of hydrogen-bond donors (Lipinski definition) is 2. The maximum atomic E-state index is 8.96. The number of nitrogens with two attached hydrogens (primary N) is 1. The molecule has 1 aromatic carbocycles. The minimum Gasteiger partial charge on any atom is -0.396 e. The summed E-state index contributed by atoms with van der Waals surface area (Å²) in [5, 5.41) is 8.96. The first-order chi connectivity index (χ1) is 6.26. The molecule has 0 radical (unpaired) electrons. The molecule has 0 aliphatic carbocycles. The monoisotopic (exact) mass is 179 g/mol. The number of aryl methyl sites for hydroxylation is 1. The van der Waals surface area contributed by atoms with Gasteiger partial charge < -0.3 is 10.8 Å². The molecule has 3 N–H and O–H groups in total. The first kappa shape index (κ1) is 10.2. The molecule has 1 atom stereocenters. The fourth-order valence-corrected chi connectivity index (χ4v) is 1.28.